The smallest absolute Gasteiger partial charge is 0.0587 e. The predicted octanol–water partition coefficient (Wildman–Crippen LogP) is 9.85. The van der Waals surface area contributed by atoms with Gasteiger partial charge in [-0.25, -0.2) is 0 Å². The Morgan fingerprint density at radius 1 is 0.393 bits per heavy atom. The third kappa shape index (κ3) is 39.7. The lowest BCUT2D eigenvalue weighted by molar-refractivity contribution is 0.192. The molecule has 61 heavy (non-hydrogen) atoms. The summed E-state index contributed by atoms with van der Waals surface area (Å²) in [7, 11) is 3.49. The molecule has 364 valence electrons. The number of nitrogens with two attached hydrogens (primary N) is 2. The molecule has 0 aromatic carbocycles. The van der Waals surface area contributed by atoms with Gasteiger partial charge in [-0.1, -0.05) is 90.9 Å². The van der Waals surface area contributed by atoms with Gasteiger partial charge in [0.15, 0.2) is 0 Å². The van der Waals surface area contributed by atoms with Crippen LogP contribution < -0.4 is 38.1 Å². The monoisotopic (exact) mass is 864 g/mol. The predicted molar refractivity (Wildman–Crippen MR) is 266 cm³/mol. The highest BCUT2D eigenvalue weighted by Gasteiger charge is 2.23. The fourth-order valence-electron chi connectivity index (χ4n) is 8.38. The standard InChI is InChI=1S/C10H19N.C9H19NO.C9H19N.C7H15NO.C7H15N.C6H13N.C4H9N/c1-2-4-10(5-3-1)11-8-9-6-7-9;1-11-8-7-10-9-5-3-2-4-6-9;1-2-8-10-9-6-4-3-5-7-9;1-9-5-4-8-6-7-2-3-7;1-2-5-8-6-7-3-4-7;7-6-4-2-1-3-5-6;5-3-4-1-2-4/h9-11H,1-8H2;9-10H,2-8H2,1H3;9-10H,2-8H2,1H3;7-8H,2-6H2,1H3;7-8H,2-6H2,1H3;6H,1-5,7H2;4H,1-3,5H2. The summed E-state index contributed by atoms with van der Waals surface area (Å²) in [6, 6.07) is 3.05. The van der Waals surface area contributed by atoms with E-state index >= 15 is 0 Å². The van der Waals surface area contributed by atoms with Gasteiger partial charge in [-0.2, -0.15) is 0 Å². The van der Waals surface area contributed by atoms with Gasteiger partial charge in [0, 0.05) is 51.5 Å². The summed E-state index contributed by atoms with van der Waals surface area (Å²) in [5.41, 5.74) is 10.9. The van der Waals surface area contributed by atoms with E-state index in [2.05, 4.69) is 40.4 Å². The zero-order chi connectivity index (χ0) is 43.9. The van der Waals surface area contributed by atoms with Gasteiger partial charge in [0.1, 0.15) is 0 Å². The molecule has 8 aliphatic rings. The molecule has 0 bridgehead atoms. The Hall–Kier alpha value is -0.360. The van der Waals surface area contributed by atoms with Crippen LogP contribution in [0.3, 0.4) is 0 Å². The van der Waals surface area contributed by atoms with Crippen LogP contribution in [0.1, 0.15) is 206 Å². The third-order valence-electron chi connectivity index (χ3n) is 13.5. The molecule has 0 unspecified atom stereocenters. The Morgan fingerprint density at radius 2 is 0.754 bits per heavy atom. The van der Waals surface area contributed by atoms with Crippen molar-refractivity contribution in [2.45, 2.75) is 231 Å². The summed E-state index contributed by atoms with van der Waals surface area (Å²) >= 11 is 0. The fourth-order valence-corrected chi connectivity index (χ4v) is 8.38. The summed E-state index contributed by atoms with van der Waals surface area (Å²) in [5, 5.41) is 17.5. The number of methoxy groups -OCH3 is 2. The van der Waals surface area contributed by atoms with Crippen molar-refractivity contribution in [3.8, 4) is 0 Å². The van der Waals surface area contributed by atoms with E-state index < -0.39 is 0 Å². The topological polar surface area (TPSA) is 131 Å². The molecule has 9 nitrogen and oxygen atoms in total. The Kier molecular flexibility index (Phi) is 38.2. The lowest BCUT2D eigenvalue weighted by Gasteiger charge is -2.22. The zero-order valence-corrected chi connectivity index (χ0v) is 41.4. The Morgan fingerprint density at radius 3 is 1.10 bits per heavy atom. The van der Waals surface area contributed by atoms with Crippen LogP contribution in [-0.2, 0) is 9.47 Å². The van der Waals surface area contributed by atoms with Gasteiger partial charge in [0.05, 0.1) is 13.2 Å². The first kappa shape index (κ1) is 56.8. The van der Waals surface area contributed by atoms with Crippen molar-refractivity contribution in [2.24, 2.45) is 35.1 Å². The van der Waals surface area contributed by atoms with E-state index in [1.165, 1.54) is 225 Å². The quantitative estimate of drug-likeness (QED) is 0.0599. The molecule has 9 heteroatoms. The molecule has 0 radical (unpaired) electrons. The molecule has 8 aliphatic carbocycles. The Labute approximate surface area is 380 Å². The van der Waals surface area contributed by atoms with E-state index in [4.69, 9.17) is 20.9 Å². The van der Waals surface area contributed by atoms with E-state index in [0.29, 0.717) is 6.04 Å². The van der Waals surface area contributed by atoms with Gasteiger partial charge >= 0.3 is 0 Å². The maximum absolute atomic E-state index is 5.63. The molecule has 0 heterocycles. The average molecular weight is 864 g/mol. The number of hydrogen-bond donors (Lipinski definition) is 7. The molecule has 0 atom stereocenters. The normalized spacial score (nSPS) is 22.1. The molecule has 0 aliphatic heterocycles. The minimum atomic E-state index is 0.536. The van der Waals surface area contributed by atoms with Gasteiger partial charge in [-0.15, -0.1) is 0 Å². The highest BCUT2D eigenvalue weighted by atomic mass is 16.5. The summed E-state index contributed by atoms with van der Waals surface area (Å²) < 4.78 is 9.85. The van der Waals surface area contributed by atoms with E-state index in [-0.39, 0.29) is 0 Å². The first-order chi connectivity index (χ1) is 30.0. The van der Waals surface area contributed by atoms with Gasteiger partial charge < -0.3 is 47.5 Å². The van der Waals surface area contributed by atoms with Crippen molar-refractivity contribution in [3.05, 3.63) is 0 Å². The molecule has 9 N–H and O–H groups in total. The first-order valence-electron chi connectivity index (χ1n) is 27.1. The summed E-state index contributed by atoms with van der Waals surface area (Å²) in [4.78, 5) is 0. The van der Waals surface area contributed by atoms with Crippen LogP contribution in [0.2, 0.25) is 0 Å². The van der Waals surface area contributed by atoms with Crippen LogP contribution in [0.15, 0.2) is 0 Å². The highest BCUT2D eigenvalue weighted by molar-refractivity contribution is 4.80. The second kappa shape index (κ2) is 41.1. The van der Waals surface area contributed by atoms with E-state index in [0.717, 1.165) is 74.6 Å². The lowest BCUT2D eigenvalue weighted by Crippen LogP contribution is -2.33. The summed E-state index contributed by atoms with van der Waals surface area (Å²) in [5.74, 6) is 4.00. The molecule has 0 aromatic rings. The number of hydrogen-bond acceptors (Lipinski definition) is 9. The van der Waals surface area contributed by atoms with Crippen molar-refractivity contribution in [1.29, 1.82) is 0 Å². The van der Waals surface area contributed by atoms with Crippen molar-refractivity contribution in [2.75, 3.05) is 79.8 Å². The summed E-state index contributed by atoms with van der Waals surface area (Å²) in [6.07, 6.45) is 42.2. The van der Waals surface area contributed by atoms with E-state index in [1.54, 1.807) is 14.2 Å². The van der Waals surface area contributed by atoms with Crippen LogP contribution in [0, 0.1) is 23.7 Å². The zero-order valence-electron chi connectivity index (χ0n) is 41.4. The lowest BCUT2D eigenvalue weighted by atomic mass is 9.95. The molecule has 0 saturated heterocycles. The minimum absolute atomic E-state index is 0.536. The van der Waals surface area contributed by atoms with Crippen molar-refractivity contribution in [1.82, 2.24) is 26.6 Å². The molecule has 0 amide bonds. The van der Waals surface area contributed by atoms with Gasteiger partial charge in [0.2, 0.25) is 0 Å². The molecule has 8 fully saturated rings. The van der Waals surface area contributed by atoms with Crippen LogP contribution in [-0.4, -0.2) is 104 Å². The second-order valence-corrected chi connectivity index (χ2v) is 20.1. The molecule has 8 rings (SSSR count). The van der Waals surface area contributed by atoms with Gasteiger partial charge in [-0.05, 0) is 179 Å². The largest absolute Gasteiger partial charge is 0.383 e. The highest BCUT2D eigenvalue weighted by Crippen LogP contribution is 2.29. The summed E-state index contributed by atoms with van der Waals surface area (Å²) in [6.45, 7) is 15.3. The second-order valence-electron chi connectivity index (χ2n) is 20.1. The van der Waals surface area contributed by atoms with E-state index in [9.17, 15) is 0 Å². The first-order valence-corrected chi connectivity index (χ1v) is 27.1. The number of rotatable bonds is 20. The minimum Gasteiger partial charge on any atom is -0.383 e. The fraction of sp³-hybridized carbons (Fsp3) is 1.00. The molecule has 8 saturated carbocycles. The van der Waals surface area contributed by atoms with E-state index in [1.807, 2.05) is 0 Å². The number of ether oxygens (including phenoxy) is 2. The average Bonchev–Trinajstić information content (AvgIpc) is 4.08. The van der Waals surface area contributed by atoms with Crippen LogP contribution in [0.4, 0.5) is 0 Å². The van der Waals surface area contributed by atoms with Crippen LogP contribution in [0.5, 0.6) is 0 Å². The van der Waals surface area contributed by atoms with Crippen LogP contribution >= 0.6 is 0 Å². The maximum atomic E-state index is 5.63. The maximum Gasteiger partial charge on any atom is 0.0587 e. The molecule has 0 aromatic heterocycles. The SMILES string of the molecule is C1CCC(NCC2CC2)CC1.CCCNC1CCCCC1.CCCNCC1CC1.COCCNC1CCCCC1.COCCNCC1CC1.NC1CCCCC1.NCC1CC1. The molecule has 0 spiro atoms. The third-order valence-corrected chi connectivity index (χ3v) is 13.5. The van der Waals surface area contributed by atoms with Gasteiger partial charge in [0.25, 0.3) is 0 Å². The Bertz CT molecular complexity index is 877. The molecular formula is C52H109N7O2. The van der Waals surface area contributed by atoms with Crippen LogP contribution in [0.25, 0.3) is 0 Å². The number of nitrogens with one attached hydrogen (secondary N) is 5. The molecular weight excluding hydrogens is 755 g/mol. The van der Waals surface area contributed by atoms with Gasteiger partial charge in [-0.3, -0.25) is 0 Å². The van der Waals surface area contributed by atoms with Crippen molar-refractivity contribution in [3.63, 3.8) is 0 Å². The van der Waals surface area contributed by atoms with Crippen molar-refractivity contribution >= 4 is 0 Å². The van der Waals surface area contributed by atoms with Crippen molar-refractivity contribution < 1.29 is 9.47 Å². The Balaban J connectivity index is 0.000000248.